The molecule has 0 fully saturated rings. The van der Waals surface area contributed by atoms with E-state index in [2.05, 4.69) is 20.4 Å². The van der Waals surface area contributed by atoms with Crippen LogP contribution in [0.25, 0.3) is 16.8 Å². The van der Waals surface area contributed by atoms with Crippen LogP contribution in [0.4, 0.5) is 43.8 Å². The quantitative estimate of drug-likeness (QED) is 0.432. The molecule has 6 nitrogen and oxygen atoms in total. The van der Waals surface area contributed by atoms with Crippen molar-refractivity contribution in [1.82, 2.24) is 19.6 Å². The van der Waals surface area contributed by atoms with Gasteiger partial charge >= 0.3 is 12.4 Å². The second-order valence-electron chi connectivity index (χ2n) is 6.45. The monoisotopic (exact) mass is 438 g/mol. The summed E-state index contributed by atoms with van der Waals surface area (Å²) in [6.45, 7) is 0. The highest BCUT2D eigenvalue weighted by molar-refractivity contribution is 5.82. The Morgan fingerprint density at radius 3 is 2.23 bits per heavy atom. The van der Waals surface area contributed by atoms with Crippen molar-refractivity contribution in [3.8, 4) is 11.3 Å². The van der Waals surface area contributed by atoms with E-state index in [9.17, 15) is 26.3 Å². The van der Waals surface area contributed by atoms with Crippen molar-refractivity contribution in [2.24, 2.45) is 0 Å². The fourth-order valence-electron chi connectivity index (χ4n) is 2.97. The number of nitrogens with zero attached hydrogens (tertiary/aromatic N) is 4. The number of anilines is 3. The summed E-state index contributed by atoms with van der Waals surface area (Å²) in [5.74, 6) is -0.319. The lowest BCUT2D eigenvalue weighted by molar-refractivity contribution is -0.141. The highest BCUT2D eigenvalue weighted by Gasteiger charge is 2.39. The highest BCUT2D eigenvalue weighted by Crippen LogP contribution is 2.39. The van der Waals surface area contributed by atoms with Crippen LogP contribution in [-0.2, 0) is 12.4 Å². The molecule has 31 heavy (non-hydrogen) atoms. The van der Waals surface area contributed by atoms with Gasteiger partial charge in [-0.15, -0.1) is 0 Å². The average Bonchev–Trinajstić information content (AvgIpc) is 3.07. The second-order valence-corrected chi connectivity index (χ2v) is 6.45. The van der Waals surface area contributed by atoms with Gasteiger partial charge in [0.25, 0.3) is 0 Å². The number of nitrogen functional groups attached to an aromatic ring is 1. The Hall–Kier alpha value is -3.83. The summed E-state index contributed by atoms with van der Waals surface area (Å²) in [5, 5.41) is 6.25. The number of aromatic nitrogens is 4. The third-order valence-electron chi connectivity index (χ3n) is 4.28. The summed E-state index contributed by atoms with van der Waals surface area (Å²) in [5.41, 5.74) is 3.65. The van der Waals surface area contributed by atoms with Gasteiger partial charge in [-0.1, -0.05) is 6.07 Å². The Morgan fingerprint density at radius 2 is 1.58 bits per heavy atom. The van der Waals surface area contributed by atoms with E-state index in [1.807, 2.05) is 0 Å². The molecule has 4 aromatic rings. The molecule has 0 amide bonds. The number of fused-ring (bicyclic) bond motifs is 1. The normalized spacial score (nSPS) is 12.3. The maximum Gasteiger partial charge on any atom is 0.435 e. The lowest BCUT2D eigenvalue weighted by Gasteiger charge is -2.11. The molecule has 160 valence electrons. The molecule has 1 aromatic carbocycles. The number of benzene rings is 1. The maximum absolute atomic E-state index is 13.6. The number of rotatable bonds is 3. The van der Waals surface area contributed by atoms with Gasteiger partial charge in [-0.2, -0.15) is 36.4 Å². The average molecular weight is 438 g/mol. The zero-order chi connectivity index (χ0) is 22.4. The smallest absolute Gasteiger partial charge is 0.384 e. The van der Waals surface area contributed by atoms with Crippen LogP contribution in [0.5, 0.6) is 0 Å². The minimum absolute atomic E-state index is 0.136. The summed E-state index contributed by atoms with van der Waals surface area (Å²) < 4.78 is 80.0. The molecule has 0 aliphatic carbocycles. The van der Waals surface area contributed by atoms with Gasteiger partial charge in [0.1, 0.15) is 5.82 Å². The predicted octanol–water partition coefficient (Wildman–Crippen LogP) is 5.15. The molecule has 0 aliphatic heterocycles. The Kier molecular flexibility index (Phi) is 4.71. The Morgan fingerprint density at radius 1 is 0.871 bits per heavy atom. The van der Waals surface area contributed by atoms with Crippen LogP contribution in [0, 0.1) is 0 Å². The first kappa shape index (κ1) is 20.4. The molecule has 3 N–H and O–H groups in total. The molecule has 0 saturated carbocycles. The van der Waals surface area contributed by atoms with Crippen LogP contribution in [0.15, 0.2) is 54.7 Å². The summed E-state index contributed by atoms with van der Waals surface area (Å²) in [6, 6.07) is 9.67. The lowest BCUT2D eigenvalue weighted by atomic mass is 10.1. The van der Waals surface area contributed by atoms with Crippen LogP contribution in [-0.4, -0.2) is 19.6 Å². The van der Waals surface area contributed by atoms with Gasteiger partial charge in [-0.05, 0) is 36.4 Å². The zero-order valence-electron chi connectivity index (χ0n) is 15.3. The third kappa shape index (κ3) is 4.09. The first-order chi connectivity index (χ1) is 14.5. The summed E-state index contributed by atoms with van der Waals surface area (Å²) in [6.07, 6.45) is -7.90. The molecule has 0 aliphatic rings. The van der Waals surface area contributed by atoms with E-state index >= 15 is 0 Å². The summed E-state index contributed by atoms with van der Waals surface area (Å²) >= 11 is 0. The molecule has 0 saturated heterocycles. The van der Waals surface area contributed by atoms with Crippen LogP contribution in [0.1, 0.15) is 11.3 Å². The molecule has 4 rings (SSSR count). The van der Waals surface area contributed by atoms with Gasteiger partial charge < -0.3 is 11.1 Å². The zero-order valence-corrected chi connectivity index (χ0v) is 15.3. The lowest BCUT2D eigenvalue weighted by Crippen LogP contribution is -2.09. The highest BCUT2D eigenvalue weighted by atomic mass is 19.4. The van der Waals surface area contributed by atoms with Gasteiger partial charge in [-0.3, -0.25) is 0 Å². The number of nitrogens with two attached hydrogens (primary N) is 1. The van der Waals surface area contributed by atoms with E-state index in [4.69, 9.17) is 5.73 Å². The molecular formula is C19H12F6N6. The van der Waals surface area contributed by atoms with Crippen molar-refractivity contribution in [2.75, 3.05) is 11.1 Å². The van der Waals surface area contributed by atoms with Crippen molar-refractivity contribution in [1.29, 1.82) is 0 Å². The molecule has 0 bridgehead atoms. The summed E-state index contributed by atoms with van der Waals surface area (Å²) in [7, 11) is 0. The first-order valence-electron chi connectivity index (χ1n) is 8.66. The van der Waals surface area contributed by atoms with Crippen molar-refractivity contribution in [2.45, 2.75) is 12.4 Å². The predicted molar refractivity (Wildman–Crippen MR) is 100 cm³/mol. The van der Waals surface area contributed by atoms with Gasteiger partial charge in [0.15, 0.2) is 5.69 Å². The van der Waals surface area contributed by atoms with E-state index in [0.717, 1.165) is 34.8 Å². The Labute approximate surface area is 170 Å². The minimum Gasteiger partial charge on any atom is -0.384 e. The SMILES string of the molecule is Nc1cc(-c2c(C(F)(F)F)nn3ccccc23)nc(Nc2ccc(C(F)(F)F)cc2)n1. The standard InChI is InChI=1S/C19H12F6N6/c20-18(21,22)10-4-6-11(7-5-10)27-17-28-12(9-14(26)29-17)15-13-3-1-2-8-31(13)30-16(15)19(23,24)25/h1-9H,(H3,26,27,28,29). The molecule has 0 spiro atoms. The van der Waals surface area contributed by atoms with E-state index in [1.54, 1.807) is 6.07 Å². The van der Waals surface area contributed by atoms with Gasteiger partial charge in [0.05, 0.1) is 22.3 Å². The minimum atomic E-state index is -4.76. The number of pyridine rings is 1. The fraction of sp³-hybridized carbons (Fsp3) is 0.105. The van der Waals surface area contributed by atoms with Gasteiger partial charge in [0, 0.05) is 18.0 Å². The molecule has 0 atom stereocenters. The topological polar surface area (TPSA) is 81.1 Å². The molecule has 3 aromatic heterocycles. The number of hydrogen-bond donors (Lipinski definition) is 2. The van der Waals surface area contributed by atoms with Crippen LogP contribution >= 0.6 is 0 Å². The largest absolute Gasteiger partial charge is 0.435 e. The van der Waals surface area contributed by atoms with E-state index < -0.39 is 23.6 Å². The van der Waals surface area contributed by atoms with Crippen LogP contribution in [0.3, 0.4) is 0 Å². The van der Waals surface area contributed by atoms with Crippen LogP contribution in [0.2, 0.25) is 0 Å². The second kappa shape index (κ2) is 7.15. The van der Waals surface area contributed by atoms with E-state index in [-0.39, 0.29) is 34.2 Å². The van der Waals surface area contributed by atoms with Gasteiger partial charge in [-0.25, -0.2) is 9.50 Å². The Bertz CT molecular complexity index is 1240. The molecule has 3 heterocycles. The number of halogens is 6. The van der Waals surface area contributed by atoms with Crippen LogP contribution < -0.4 is 11.1 Å². The van der Waals surface area contributed by atoms with Crippen molar-refractivity contribution in [3.63, 3.8) is 0 Å². The van der Waals surface area contributed by atoms with E-state index in [0.29, 0.717) is 0 Å². The maximum atomic E-state index is 13.6. The third-order valence-corrected chi connectivity index (χ3v) is 4.28. The van der Waals surface area contributed by atoms with Crippen molar-refractivity contribution in [3.05, 3.63) is 66.0 Å². The van der Waals surface area contributed by atoms with E-state index in [1.165, 1.54) is 18.3 Å². The number of alkyl halides is 6. The van der Waals surface area contributed by atoms with Crippen molar-refractivity contribution >= 4 is 23.0 Å². The molecular weight excluding hydrogens is 426 g/mol. The molecule has 12 heteroatoms. The van der Waals surface area contributed by atoms with Gasteiger partial charge in [0.2, 0.25) is 5.95 Å². The summed E-state index contributed by atoms with van der Waals surface area (Å²) in [4.78, 5) is 8.00. The van der Waals surface area contributed by atoms with Crippen molar-refractivity contribution < 1.29 is 26.3 Å². The first-order valence-corrected chi connectivity index (χ1v) is 8.66. The molecule has 0 radical (unpaired) electrons. The number of hydrogen-bond acceptors (Lipinski definition) is 5. The number of nitrogens with one attached hydrogen (secondary N) is 1. The Balaban J connectivity index is 1.77. The molecule has 0 unspecified atom stereocenters. The fourth-order valence-corrected chi connectivity index (χ4v) is 2.97.